The lowest BCUT2D eigenvalue weighted by atomic mass is 9.94. The van der Waals surface area contributed by atoms with Crippen LogP contribution in [0.3, 0.4) is 0 Å². The van der Waals surface area contributed by atoms with Crippen molar-refractivity contribution in [1.82, 2.24) is 0 Å². The molecule has 0 aromatic heterocycles. The predicted molar refractivity (Wildman–Crippen MR) is 89.3 cm³/mol. The lowest BCUT2D eigenvalue weighted by Crippen LogP contribution is -2.25. The van der Waals surface area contributed by atoms with E-state index in [2.05, 4.69) is 5.10 Å². The molecule has 1 heterocycles. The number of hydrogen-bond donors (Lipinski definition) is 0. The van der Waals surface area contributed by atoms with Gasteiger partial charge >= 0.3 is 0 Å². The van der Waals surface area contributed by atoms with Gasteiger partial charge < -0.3 is 9.47 Å². The number of carbonyl (C=O) groups is 1. The van der Waals surface area contributed by atoms with E-state index in [9.17, 15) is 4.79 Å². The standard InChI is InChI=1S/C18H18N2O3/c1-12-17(13-9-10-15(22-2)16(11-13)23-3)18(21)20(19-12)14-7-5-4-6-8-14/h4-11,17H,1-3H3/t17-/m1/s1. The number of ether oxygens (including phenoxy) is 2. The number of nitrogens with zero attached hydrogens (tertiary/aromatic N) is 2. The lowest BCUT2D eigenvalue weighted by molar-refractivity contribution is -0.118. The highest BCUT2D eigenvalue weighted by molar-refractivity contribution is 6.18. The molecule has 1 atom stereocenters. The van der Waals surface area contributed by atoms with Crippen molar-refractivity contribution in [3.05, 3.63) is 54.1 Å². The van der Waals surface area contributed by atoms with Crippen LogP contribution in [0.1, 0.15) is 18.4 Å². The smallest absolute Gasteiger partial charge is 0.260 e. The normalized spacial score (nSPS) is 17.2. The molecule has 0 radical (unpaired) electrons. The summed E-state index contributed by atoms with van der Waals surface area (Å²) in [7, 11) is 3.16. The molecule has 0 saturated heterocycles. The minimum Gasteiger partial charge on any atom is -0.493 e. The van der Waals surface area contributed by atoms with E-state index in [-0.39, 0.29) is 5.91 Å². The Bertz CT molecular complexity index is 756. The van der Waals surface area contributed by atoms with Gasteiger partial charge in [-0.15, -0.1) is 0 Å². The molecule has 0 saturated carbocycles. The molecular weight excluding hydrogens is 292 g/mol. The van der Waals surface area contributed by atoms with E-state index in [1.165, 1.54) is 5.01 Å². The molecule has 0 spiro atoms. The molecule has 2 aromatic carbocycles. The number of benzene rings is 2. The van der Waals surface area contributed by atoms with Crippen LogP contribution in [0.5, 0.6) is 11.5 Å². The van der Waals surface area contributed by atoms with Crippen molar-refractivity contribution in [3.8, 4) is 11.5 Å². The van der Waals surface area contributed by atoms with Crippen molar-refractivity contribution >= 4 is 17.3 Å². The molecule has 118 valence electrons. The van der Waals surface area contributed by atoms with Crippen LogP contribution in [-0.4, -0.2) is 25.8 Å². The van der Waals surface area contributed by atoms with Crippen molar-refractivity contribution in [3.63, 3.8) is 0 Å². The minimum absolute atomic E-state index is 0.0686. The summed E-state index contributed by atoms with van der Waals surface area (Å²) in [4.78, 5) is 12.8. The Morgan fingerprint density at radius 3 is 2.35 bits per heavy atom. The van der Waals surface area contributed by atoms with E-state index in [0.29, 0.717) is 11.5 Å². The van der Waals surface area contributed by atoms with E-state index >= 15 is 0 Å². The second kappa shape index (κ2) is 6.12. The van der Waals surface area contributed by atoms with Gasteiger partial charge in [0, 0.05) is 0 Å². The third-order valence-corrected chi connectivity index (χ3v) is 3.87. The van der Waals surface area contributed by atoms with Crippen LogP contribution in [0.15, 0.2) is 53.6 Å². The summed E-state index contributed by atoms with van der Waals surface area (Å²) < 4.78 is 10.6. The molecule has 0 fully saturated rings. The summed E-state index contributed by atoms with van der Waals surface area (Å²) in [6.45, 7) is 1.86. The van der Waals surface area contributed by atoms with Crippen molar-refractivity contribution < 1.29 is 14.3 Å². The van der Waals surface area contributed by atoms with Gasteiger partial charge in [-0.1, -0.05) is 24.3 Å². The zero-order valence-corrected chi connectivity index (χ0v) is 13.3. The Morgan fingerprint density at radius 1 is 1.00 bits per heavy atom. The maximum Gasteiger partial charge on any atom is 0.260 e. The lowest BCUT2D eigenvalue weighted by Gasteiger charge is -2.16. The Labute approximate surface area is 135 Å². The molecule has 1 aliphatic rings. The maximum atomic E-state index is 12.8. The third-order valence-electron chi connectivity index (χ3n) is 3.87. The van der Waals surface area contributed by atoms with Crippen molar-refractivity contribution in [2.45, 2.75) is 12.8 Å². The van der Waals surface area contributed by atoms with Gasteiger partial charge in [-0.2, -0.15) is 10.1 Å². The minimum atomic E-state index is -0.407. The number of para-hydroxylation sites is 1. The van der Waals surface area contributed by atoms with Gasteiger partial charge in [0.2, 0.25) is 0 Å². The molecule has 23 heavy (non-hydrogen) atoms. The van der Waals surface area contributed by atoms with E-state index in [4.69, 9.17) is 9.47 Å². The van der Waals surface area contributed by atoms with Gasteiger partial charge in [-0.05, 0) is 36.8 Å². The van der Waals surface area contributed by atoms with Crippen LogP contribution in [0.4, 0.5) is 5.69 Å². The fourth-order valence-corrected chi connectivity index (χ4v) is 2.74. The van der Waals surface area contributed by atoms with E-state index < -0.39 is 5.92 Å². The SMILES string of the molecule is COc1ccc([C@@H]2C(=O)N(c3ccccc3)N=C2C)cc1OC. The Hall–Kier alpha value is -2.82. The Kier molecular flexibility index (Phi) is 4.02. The first kappa shape index (κ1) is 15.1. The predicted octanol–water partition coefficient (Wildman–Crippen LogP) is 3.21. The van der Waals surface area contributed by atoms with Gasteiger partial charge in [-0.3, -0.25) is 4.79 Å². The first-order valence-electron chi connectivity index (χ1n) is 7.31. The molecule has 0 aliphatic carbocycles. The average Bonchev–Trinajstić information content (AvgIpc) is 2.89. The number of anilines is 1. The summed E-state index contributed by atoms with van der Waals surface area (Å²) in [5, 5.41) is 5.88. The Morgan fingerprint density at radius 2 is 1.70 bits per heavy atom. The first-order chi connectivity index (χ1) is 11.2. The maximum absolute atomic E-state index is 12.8. The first-order valence-corrected chi connectivity index (χ1v) is 7.31. The number of methoxy groups -OCH3 is 2. The third kappa shape index (κ3) is 2.65. The quantitative estimate of drug-likeness (QED) is 0.871. The van der Waals surface area contributed by atoms with Crippen molar-refractivity contribution in [2.24, 2.45) is 5.10 Å². The van der Waals surface area contributed by atoms with Gasteiger partial charge in [0.25, 0.3) is 5.91 Å². The molecule has 0 bridgehead atoms. The number of amides is 1. The molecule has 5 heteroatoms. The van der Waals surface area contributed by atoms with Crippen LogP contribution < -0.4 is 14.5 Å². The highest BCUT2D eigenvalue weighted by atomic mass is 16.5. The molecule has 1 amide bonds. The molecule has 2 aromatic rings. The fraction of sp³-hybridized carbons (Fsp3) is 0.222. The van der Waals surface area contributed by atoms with Gasteiger partial charge in [0.05, 0.1) is 25.6 Å². The van der Waals surface area contributed by atoms with Gasteiger partial charge in [-0.25, -0.2) is 0 Å². The summed E-state index contributed by atoms with van der Waals surface area (Å²) in [6, 6.07) is 14.9. The summed E-state index contributed by atoms with van der Waals surface area (Å²) in [6.07, 6.45) is 0. The number of rotatable bonds is 4. The fourth-order valence-electron chi connectivity index (χ4n) is 2.74. The number of hydrazone groups is 1. The number of carbonyl (C=O) groups excluding carboxylic acids is 1. The monoisotopic (exact) mass is 310 g/mol. The van der Waals surface area contributed by atoms with Crippen LogP contribution in [0.2, 0.25) is 0 Å². The highest BCUT2D eigenvalue weighted by Gasteiger charge is 2.35. The molecule has 1 aliphatic heterocycles. The average molecular weight is 310 g/mol. The summed E-state index contributed by atoms with van der Waals surface area (Å²) in [5.74, 6) is 0.760. The zero-order chi connectivity index (χ0) is 16.4. The topological polar surface area (TPSA) is 51.1 Å². The zero-order valence-electron chi connectivity index (χ0n) is 13.3. The molecule has 3 rings (SSSR count). The molecule has 0 unspecified atom stereocenters. The molecular formula is C18H18N2O3. The highest BCUT2D eigenvalue weighted by Crippen LogP contribution is 2.35. The largest absolute Gasteiger partial charge is 0.493 e. The van der Waals surface area contributed by atoms with Crippen LogP contribution in [0.25, 0.3) is 0 Å². The van der Waals surface area contributed by atoms with Crippen molar-refractivity contribution in [2.75, 3.05) is 19.2 Å². The number of hydrogen-bond acceptors (Lipinski definition) is 4. The van der Waals surface area contributed by atoms with E-state index in [1.54, 1.807) is 20.3 Å². The molecule has 0 N–H and O–H groups in total. The van der Waals surface area contributed by atoms with Crippen LogP contribution in [0, 0.1) is 0 Å². The van der Waals surface area contributed by atoms with E-state index in [1.807, 2.05) is 49.4 Å². The molecule has 5 nitrogen and oxygen atoms in total. The Balaban J connectivity index is 1.96. The summed E-state index contributed by atoms with van der Waals surface area (Å²) in [5.41, 5.74) is 2.36. The van der Waals surface area contributed by atoms with Crippen LogP contribution >= 0.6 is 0 Å². The van der Waals surface area contributed by atoms with Gasteiger partial charge in [0.1, 0.15) is 5.92 Å². The van der Waals surface area contributed by atoms with E-state index in [0.717, 1.165) is 17.0 Å². The second-order valence-electron chi connectivity index (χ2n) is 5.27. The second-order valence-corrected chi connectivity index (χ2v) is 5.27. The summed E-state index contributed by atoms with van der Waals surface area (Å²) >= 11 is 0. The van der Waals surface area contributed by atoms with Crippen LogP contribution in [-0.2, 0) is 4.79 Å². The van der Waals surface area contributed by atoms with Crippen molar-refractivity contribution in [1.29, 1.82) is 0 Å². The van der Waals surface area contributed by atoms with Gasteiger partial charge in [0.15, 0.2) is 11.5 Å².